The van der Waals surface area contributed by atoms with Gasteiger partial charge in [0.1, 0.15) is 0 Å². The first-order chi connectivity index (χ1) is 7.66. The van der Waals surface area contributed by atoms with Crippen LogP contribution < -0.4 is 0 Å². The van der Waals surface area contributed by atoms with Crippen LogP contribution >= 0.6 is 0 Å². The van der Waals surface area contributed by atoms with Crippen LogP contribution in [0.3, 0.4) is 0 Å². The molecule has 2 aromatic rings. The molecule has 0 nitrogen and oxygen atoms in total. The summed E-state index contributed by atoms with van der Waals surface area (Å²) in [6.45, 7) is 6.56. The molecular weight excluding hydrogens is 204 g/mol. The highest BCUT2D eigenvalue weighted by Crippen LogP contribution is 2.22. The SMILES string of the molecule is C.Cc1ccc(-c2ccc(C(C)C)cc2)cc1. The van der Waals surface area contributed by atoms with Crippen molar-refractivity contribution in [2.75, 3.05) is 0 Å². The Morgan fingerprint density at radius 1 is 0.706 bits per heavy atom. The van der Waals surface area contributed by atoms with Crippen LogP contribution in [0.5, 0.6) is 0 Å². The zero-order valence-corrected chi connectivity index (χ0v) is 10.2. The van der Waals surface area contributed by atoms with E-state index in [9.17, 15) is 0 Å². The molecule has 0 aromatic heterocycles. The zero-order chi connectivity index (χ0) is 11.5. The Kier molecular flexibility index (Phi) is 4.51. The maximum Gasteiger partial charge on any atom is -0.0184 e. The Morgan fingerprint density at radius 3 is 1.53 bits per heavy atom. The van der Waals surface area contributed by atoms with Crippen molar-refractivity contribution < 1.29 is 0 Å². The minimum Gasteiger partial charge on any atom is -0.0776 e. The van der Waals surface area contributed by atoms with Crippen LogP contribution in [-0.4, -0.2) is 0 Å². The fourth-order valence-electron chi connectivity index (χ4n) is 1.81. The molecule has 2 rings (SSSR count). The first-order valence-corrected chi connectivity index (χ1v) is 5.84. The van der Waals surface area contributed by atoms with E-state index >= 15 is 0 Å². The van der Waals surface area contributed by atoms with Gasteiger partial charge in [0.05, 0.1) is 0 Å². The standard InChI is InChI=1S/C16H18.CH4/c1-12(2)14-8-10-16(11-9-14)15-6-4-13(3)5-7-15;/h4-12H,1-3H3;1H4. The van der Waals surface area contributed by atoms with Gasteiger partial charge in [0.15, 0.2) is 0 Å². The van der Waals surface area contributed by atoms with Gasteiger partial charge in [-0.15, -0.1) is 0 Å². The van der Waals surface area contributed by atoms with Gasteiger partial charge in [-0.05, 0) is 29.5 Å². The van der Waals surface area contributed by atoms with Crippen LogP contribution in [0.25, 0.3) is 11.1 Å². The Balaban J connectivity index is 0.00000144. The van der Waals surface area contributed by atoms with E-state index in [1.807, 2.05) is 0 Å². The van der Waals surface area contributed by atoms with Crippen LogP contribution in [0.1, 0.15) is 38.3 Å². The van der Waals surface area contributed by atoms with Crippen LogP contribution in [0.2, 0.25) is 0 Å². The molecule has 0 radical (unpaired) electrons. The minimum atomic E-state index is 0. The van der Waals surface area contributed by atoms with Gasteiger partial charge in [0, 0.05) is 0 Å². The van der Waals surface area contributed by atoms with Crippen molar-refractivity contribution in [1.82, 2.24) is 0 Å². The van der Waals surface area contributed by atoms with Gasteiger partial charge in [-0.25, -0.2) is 0 Å². The summed E-state index contributed by atoms with van der Waals surface area (Å²) < 4.78 is 0. The third kappa shape index (κ3) is 3.20. The predicted octanol–water partition coefficient (Wildman–Crippen LogP) is 5.42. The number of benzene rings is 2. The zero-order valence-electron chi connectivity index (χ0n) is 10.2. The van der Waals surface area contributed by atoms with E-state index in [1.165, 1.54) is 22.3 Å². The molecule has 0 heteroatoms. The third-order valence-corrected chi connectivity index (χ3v) is 2.96. The maximum atomic E-state index is 2.22. The molecular formula is C17H22. The highest BCUT2D eigenvalue weighted by Gasteiger charge is 2.00. The fraction of sp³-hybridized carbons (Fsp3) is 0.294. The molecule has 0 amide bonds. The molecule has 17 heavy (non-hydrogen) atoms. The van der Waals surface area contributed by atoms with Gasteiger partial charge in [0.25, 0.3) is 0 Å². The molecule has 0 bridgehead atoms. The van der Waals surface area contributed by atoms with Crippen molar-refractivity contribution in [2.45, 2.75) is 34.1 Å². The smallest absolute Gasteiger partial charge is 0.0184 e. The summed E-state index contributed by atoms with van der Waals surface area (Å²) in [4.78, 5) is 0. The maximum absolute atomic E-state index is 2.22. The lowest BCUT2D eigenvalue weighted by atomic mass is 9.98. The Bertz CT molecular complexity index is 446. The summed E-state index contributed by atoms with van der Waals surface area (Å²) in [5.41, 5.74) is 5.30. The molecule has 0 heterocycles. The van der Waals surface area contributed by atoms with Gasteiger partial charge in [0.2, 0.25) is 0 Å². The third-order valence-electron chi connectivity index (χ3n) is 2.96. The molecule has 0 fully saturated rings. The molecule has 0 saturated heterocycles. The Morgan fingerprint density at radius 2 is 1.12 bits per heavy atom. The summed E-state index contributed by atoms with van der Waals surface area (Å²) in [6, 6.07) is 17.5. The molecule has 0 atom stereocenters. The second-order valence-electron chi connectivity index (χ2n) is 4.64. The molecule has 0 unspecified atom stereocenters. The van der Waals surface area contributed by atoms with Gasteiger partial charge in [-0.3, -0.25) is 0 Å². The largest absolute Gasteiger partial charge is 0.0776 e. The Labute approximate surface area is 105 Å². The van der Waals surface area contributed by atoms with E-state index in [2.05, 4.69) is 69.3 Å². The van der Waals surface area contributed by atoms with E-state index < -0.39 is 0 Å². The van der Waals surface area contributed by atoms with Gasteiger partial charge >= 0.3 is 0 Å². The highest BCUT2D eigenvalue weighted by atomic mass is 14.1. The lowest BCUT2D eigenvalue weighted by Crippen LogP contribution is -1.86. The molecule has 0 aliphatic heterocycles. The molecule has 0 aliphatic rings. The predicted molar refractivity (Wildman–Crippen MR) is 77.4 cm³/mol. The average Bonchev–Trinajstić information content (AvgIpc) is 2.30. The van der Waals surface area contributed by atoms with Crippen LogP contribution in [0, 0.1) is 6.92 Å². The van der Waals surface area contributed by atoms with Crippen molar-refractivity contribution in [1.29, 1.82) is 0 Å². The number of hydrogen-bond donors (Lipinski definition) is 0. The lowest BCUT2D eigenvalue weighted by molar-refractivity contribution is 0.867. The summed E-state index contributed by atoms with van der Waals surface area (Å²) in [5, 5.41) is 0. The Hall–Kier alpha value is -1.56. The van der Waals surface area contributed by atoms with E-state index in [0.29, 0.717) is 5.92 Å². The minimum absolute atomic E-state index is 0. The summed E-state index contributed by atoms with van der Waals surface area (Å²) >= 11 is 0. The normalized spacial score (nSPS) is 10.1. The van der Waals surface area contributed by atoms with Gasteiger partial charge in [-0.2, -0.15) is 0 Å². The summed E-state index contributed by atoms with van der Waals surface area (Å²) in [7, 11) is 0. The van der Waals surface area contributed by atoms with E-state index in [4.69, 9.17) is 0 Å². The highest BCUT2D eigenvalue weighted by molar-refractivity contribution is 5.63. The second-order valence-corrected chi connectivity index (χ2v) is 4.64. The average molecular weight is 226 g/mol. The van der Waals surface area contributed by atoms with E-state index in [-0.39, 0.29) is 7.43 Å². The monoisotopic (exact) mass is 226 g/mol. The van der Waals surface area contributed by atoms with Crippen molar-refractivity contribution in [3.63, 3.8) is 0 Å². The number of rotatable bonds is 2. The molecule has 0 aliphatic carbocycles. The van der Waals surface area contributed by atoms with Crippen molar-refractivity contribution >= 4 is 0 Å². The topological polar surface area (TPSA) is 0 Å². The van der Waals surface area contributed by atoms with Gasteiger partial charge < -0.3 is 0 Å². The summed E-state index contributed by atoms with van der Waals surface area (Å²) in [6.07, 6.45) is 0. The van der Waals surface area contributed by atoms with Crippen molar-refractivity contribution in [2.24, 2.45) is 0 Å². The quantitative estimate of drug-likeness (QED) is 0.641. The van der Waals surface area contributed by atoms with Crippen LogP contribution in [0.15, 0.2) is 48.5 Å². The van der Waals surface area contributed by atoms with Gasteiger partial charge in [-0.1, -0.05) is 75.4 Å². The molecule has 2 aromatic carbocycles. The first-order valence-electron chi connectivity index (χ1n) is 5.84. The molecule has 0 spiro atoms. The number of hydrogen-bond acceptors (Lipinski definition) is 0. The van der Waals surface area contributed by atoms with Crippen LogP contribution in [-0.2, 0) is 0 Å². The molecule has 90 valence electrons. The van der Waals surface area contributed by atoms with E-state index in [1.54, 1.807) is 0 Å². The number of aryl methyl sites for hydroxylation is 1. The summed E-state index contributed by atoms with van der Waals surface area (Å²) in [5.74, 6) is 0.604. The molecule has 0 N–H and O–H groups in total. The molecule has 0 saturated carbocycles. The fourth-order valence-corrected chi connectivity index (χ4v) is 1.81. The van der Waals surface area contributed by atoms with Crippen molar-refractivity contribution in [3.8, 4) is 11.1 Å². The second kappa shape index (κ2) is 5.67. The lowest BCUT2D eigenvalue weighted by Gasteiger charge is -2.07. The van der Waals surface area contributed by atoms with Crippen molar-refractivity contribution in [3.05, 3.63) is 59.7 Å². The van der Waals surface area contributed by atoms with Crippen LogP contribution in [0.4, 0.5) is 0 Å². The van der Waals surface area contributed by atoms with E-state index in [0.717, 1.165) is 0 Å². The first kappa shape index (κ1) is 13.5.